The minimum atomic E-state index is -0.932. The van der Waals surface area contributed by atoms with Crippen molar-refractivity contribution in [1.29, 1.82) is 0 Å². The fraction of sp³-hybridized carbons (Fsp3) is 0.231. The highest BCUT2D eigenvalue weighted by Crippen LogP contribution is 2.24. The minimum absolute atomic E-state index is 0.263. The number of nitrogens with one attached hydrogen (secondary N) is 1. The standard InChI is InChI=1S/C13H15N3O2/c1-8-12(9(2)16(3)15-8)14-11-6-4-5-10(7-11)13(17)18/h4-7,14H,1-3H3,(H,17,18). The molecule has 2 N–H and O–H groups in total. The molecule has 0 amide bonds. The van der Waals surface area contributed by atoms with Crippen molar-refractivity contribution < 1.29 is 9.90 Å². The van der Waals surface area contributed by atoms with Crippen molar-refractivity contribution in [2.45, 2.75) is 13.8 Å². The van der Waals surface area contributed by atoms with E-state index in [0.717, 1.165) is 22.8 Å². The fourth-order valence-corrected chi connectivity index (χ4v) is 1.83. The molecule has 0 radical (unpaired) electrons. The van der Waals surface area contributed by atoms with Crippen LogP contribution in [0.3, 0.4) is 0 Å². The predicted molar refractivity (Wildman–Crippen MR) is 69.4 cm³/mol. The number of hydrogen-bond acceptors (Lipinski definition) is 3. The lowest BCUT2D eigenvalue weighted by Gasteiger charge is -2.07. The molecule has 0 fully saturated rings. The van der Waals surface area contributed by atoms with E-state index in [-0.39, 0.29) is 5.56 Å². The first-order valence-electron chi connectivity index (χ1n) is 5.59. The van der Waals surface area contributed by atoms with Crippen molar-refractivity contribution in [3.63, 3.8) is 0 Å². The maximum absolute atomic E-state index is 10.9. The smallest absolute Gasteiger partial charge is 0.335 e. The van der Waals surface area contributed by atoms with Crippen LogP contribution in [0.1, 0.15) is 21.7 Å². The number of rotatable bonds is 3. The molecule has 0 aliphatic heterocycles. The number of carboxylic acids is 1. The fourth-order valence-electron chi connectivity index (χ4n) is 1.83. The van der Waals surface area contributed by atoms with Crippen molar-refractivity contribution in [3.05, 3.63) is 41.2 Å². The second-order valence-electron chi connectivity index (χ2n) is 4.18. The zero-order valence-electron chi connectivity index (χ0n) is 10.6. The summed E-state index contributed by atoms with van der Waals surface area (Å²) in [7, 11) is 1.88. The highest BCUT2D eigenvalue weighted by molar-refractivity contribution is 5.89. The highest BCUT2D eigenvalue weighted by Gasteiger charge is 2.10. The second kappa shape index (κ2) is 4.52. The van der Waals surface area contributed by atoms with Crippen LogP contribution in [-0.2, 0) is 7.05 Å². The van der Waals surface area contributed by atoms with E-state index < -0.39 is 5.97 Å². The van der Waals surface area contributed by atoms with Gasteiger partial charge in [0.25, 0.3) is 0 Å². The number of hydrogen-bond donors (Lipinski definition) is 2. The number of benzene rings is 1. The Morgan fingerprint density at radius 2 is 2.11 bits per heavy atom. The Kier molecular flexibility index (Phi) is 3.06. The average Bonchev–Trinajstić information content (AvgIpc) is 2.56. The van der Waals surface area contributed by atoms with Gasteiger partial charge in [-0.2, -0.15) is 5.10 Å². The number of carbonyl (C=O) groups is 1. The van der Waals surface area contributed by atoms with Crippen LogP contribution >= 0.6 is 0 Å². The molecule has 18 heavy (non-hydrogen) atoms. The molecule has 2 aromatic rings. The summed E-state index contributed by atoms with van der Waals surface area (Å²) in [6, 6.07) is 6.72. The van der Waals surface area contributed by atoms with E-state index in [2.05, 4.69) is 10.4 Å². The molecular formula is C13H15N3O2. The van der Waals surface area contributed by atoms with Gasteiger partial charge in [0.2, 0.25) is 0 Å². The molecule has 2 rings (SSSR count). The van der Waals surface area contributed by atoms with Crippen molar-refractivity contribution in [2.24, 2.45) is 7.05 Å². The molecule has 5 nitrogen and oxygen atoms in total. The third-order valence-electron chi connectivity index (χ3n) is 2.89. The molecule has 1 aromatic carbocycles. The summed E-state index contributed by atoms with van der Waals surface area (Å²) in [6.45, 7) is 3.87. The highest BCUT2D eigenvalue weighted by atomic mass is 16.4. The Labute approximate surface area is 105 Å². The zero-order valence-corrected chi connectivity index (χ0v) is 10.6. The molecule has 0 atom stereocenters. The Hall–Kier alpha value is -2.30. The quantitative estimate of drug-likeness (QED) is 0.871. The lowest BCUT2D eigenvalue weighted by Crippen LogP contribution is -1.99. The summed E-state index contributed by atoms with van der Waals surface area (Å²) >= 11 is 0. The van der Waals surface area contributed by atoms with Crippen LogP contribution in [0.25, 0.3) is 0 Å². The molecule has 0 spiro atoms. The SMILES string of the molecule is Cc1nn(C)c(C)c1Nc1cccc(C(=O)O)c1. The van der Waals surface area contributed by atoms with Crippen molar-refractivity contribution in [2.75, 3.05) is 5.32 Å². The topological polar surface area (TPSA) is 67.2 Å². The number of anilines is 2. The molecule has 0 bridgehead atoms. The molecule has 0 aliphatic rings. The summed E-state index contributed by atoms with van der Waals surface area (Å²) in [6.07, 6.45) is 0. The van der Waals surface area contributed by atoms with E-state index in [0.29, 0.717) is 0 Å². The van der Waals surface area contributed by atoms with Gasteiger partial charge in [-0.1, -0.05) is 6.07 Å². The van der Waals surface area contributed by atoms with Gasteiger partial charge in [0.05, 0.1) is 22.6 Å². The third-order valence-corrected chi connectivity index (χ3v) is 2.89. The first kappa shape index (κ1) is 12.2. The normalized spacial score (nSPS) is 10.4. The maximum atomic E-state index is 10.9. The summed E-state index contributed by atoms with van der Waals surface area (Å²) < 4.78 is 1.79. The number of aromatic carboxylic acids is 1. The first-order chi connectivity index (χ1) is 8.49. The first-order valence-corrected chi connectivity index (χ1v) is 5.59. The molecule has 1 heterocycles. The average molecular weight is 245 g/mol. The zero-order chi connectivity index (χ0) is 13.3. The third kappa shape index (κ3) is 2.20. The lowest BCUT2D eigenvalue weighted by molar-refractivity contribution is 0.0697. The van der Waals surface area contributed by atoms with Gasteiger partial charge in [-0.15, -0.1) is 0 Å². The summed E-state index contributed by atoms with van der Waals surface area (Å²) in [5.41, 5.74) is 3.82. The molecule has 0 aliphatic carbocycles. The number of aromatic nitrogens is 2. The van der Waals surface area contributed by atoms with E-state index in [9.17, 15) is 4.79 Å². The monoisotopic (exact) mass is 245 g/mol. The van der Waals surface area contributed by atoms with Crippen LogP contribution in [-0.4, -0.2) is 20.9 Å². The van der Waals surface area contributed by atoms with E-state index in [4.69, 9.17) is 5.11 Å². The molecule has 5 heteroatoms. The molecule has 0 saturated carbocycles. The van der Waals surface area contributed by atoms with Gasteiger partial charge in [0.1, 0.15) is 0 Å². The summed E-state index contributed by atoms with van der Waals surface area (Å²) in [5, 5.41) is 16.5. The predicted octanol–water partition coefficient (Wildman–Crippen LogP) is 2.48. The van der Waals surface area contributed by atoms with Gasteiger partial charge in [0.15, 0.2) is 0 Å². The maximum Gasteiger partial charge on any atom is 0.335 e. The molecule has 1 aromatic heterocycles. The van der Waals surface area contributed by atoms with E-state index in [1.807, 2.05) is 27.0 Å². The molecule has 0 saturated heterocycles. The molecular weight excluding hydrogens is 230 g/mol. The van der Waals surface area contributed by atoms with Crippen molar-refractivity contribution >= 4 is 17.3 Å². The minimum Gasteiger partial charge on any atom is -0.478 e. The van der Waals surface area contributed by atoms with E-state index in [1.54, 1.807) is 22.9 Å². The molecule has 94 valence electrons. The largest absolute Gasteiger partial charge is 0.478 e. The van der Waals surface area contributed by atoms with Crippen LogP contribution in [0.5, 0.6) is 0 Å². The summed E-state index contributed by atoms with van der Waals surface area (Å²) in [5.74, 6) is -0.932. The Morgan fingerprint density at radius 1 is 1.39 bits per heavy atom. The number of nitrogens with zero attached hydrogens (tertiary/aromatic N) is 2. The van der Waals surface area contributed by atoms with E-state index in [1.165, 1.54) is 0 Å². The second-order valence-corrected chi connectivity index (χ2v) is 4.18. The van der Waals surface area contributed by atoms with E-state index >= 15 is 0 Å². The van der Waals surface area contributed by atoms with Gasteiger partial charge in [-0.05, 0) is 32.0 Å². The van der Waals surface area contributed by atoms with Crippen LogP contribution in [0, 0.1) is 13.8 Å². The van der Waals surface area contributed by atoms with Crippen LogP contribution in [0.2, 0.25) is 0 Å². The van der Waals surface area contributed by atoms with Crippen LogP contribution < -0.4 is 5.32 Å². The van der Waals surface area contributed by atoms with Gasteiger partial charge in [0, 0.05) is 12.7 Å². The Bertz CT molecular complexity index is 602. The Balaban J connectivity index is 2.34. The van der Waals surface area contributed by atoms with Crippen molar-refractivity contribution in [1.82, 2.24) is 9.78 Å². The molecule has 0 unspecified atom stereocenters. The van der Waals surface area contributed by atoms with Crippen LogP contribution in [0.15, 0.2) is 24.3 Å². The van der Waals surface area contributed by atoms with Gasteiger partial charge >= 0.3 is 5.97 Å². The summed E-state index contributed by atoms with van der Waals surface area (Å²) in [4.78, 5) is 10.9. The van der Waals surface area contributed by atoms with Crippen molar-refractivity contribution in [3.8, 4) is 0 Å². The number of carboxylic acid groups (broad SMARTS) is 1. The Morgan fingerprint density at radius 3 is 2.67 bits per heavy atom. The van der Waals surface area contributed by atoms with Gasteiger partial charge in [-0.25, -0.2) is 4.79 Å². The van der Waals surface area contributed by atoms with Gasteiger partial charge < -0.3 is 10.4 Å². The van der Waals surface area contributed by atoms with Gasteiger partial charge in [-0.3, -0.25) is 4.68 Å². The van der Waals surface area contributed by atoms with Crippen LogP contribution in [0.4, 0.5) is 11.4 Å². The number of aryl methyl sites for hydroxylation is 2. The lowest BCUT2D eigenvalue weighted by atomic mass is 10.2.